The van der Waals surface area contributed by atoms with Crippen molar-refractivity contribution < 1.29 is 28.6 Å². The monoisotopic (exact) mass is 503 g/mol. The molecule has 1 amide bonds. The SMILES string of the molecule is CCOc1cc(CC(=O)O)ccc1-c1ccc(F)c2c1CN(C(=O)CC1COCc3ccccc31)CC2. The van der Waals surface area contributed by atoms with Crippen LogP contribution in [0.25, 0.3) is 11.1 Å². The number of carboxylic acid groups (broad SMARTS) is 1. The Kier molecular flexibility index (Phi) is 7.24. The molecular weight excluding hydrogens is 473 g/mol. The van der Waals surface area contributed by atoms with Crippen molar-refractivity contribution in [3.05, 3.63) is 88.2 Å². The zero-order valence-electron chi connectivity index (χ0n) is 20.8. The molecule has 0 saturated heterocycles. The molecule has 7 heteroatoms. The van der Waals surface area contributed by atoms with Crippen molar-refractivity contribution >= 4 is 11.9 Å². The molecule has 3 aromatic carbocycles. The van der Waals surface area contributed by atoms with Gasteiger partial charge < -0.3 is 19.5 Å². The molecule has 1 unspecified atom stereocenters. The second-order valence-corrected chi connectivity index (χ2v) is 9.57. The molecule has 3 aromatic rings. The summed E-state index contributed by atoms with van der Waals surface area (Å²) >= 11 is 0. The molecule has 2 heterocycles. The van der Waals surface area contributed by atoms with E-state index in [1.54, 1.807) is 18.2 Å². The van der Waals surface area contributed by atoms with Crippen LogP contribution in [-0.4, -0.2) is 41.6 Å². The topological polar surface area (TPSA) is 76.1 Å². The standard InChI is InChI=1S/C30H30FNO5/c1-2-37-28-13-19(14-30(34)35)7-8-25(28)23-9-10-27(31)24-11-12-32(16-26(23)24)29(33)15-21-18-36-17-20-5-3-4-6-22(20)21/h3-10,13,21H,2,11-12,14-18H2,1H3,(H,34,35). The molecule has 37 heavy (non-hydrogen) atoms. The highest BCUT2D eigenvalue weighted by atomic mass is 19.1. The van der Waals surface area contributed by atoms with Crippen molar-refractivity contribution in [1.82, 2.24) is 4.90 Å². The van der Waals surface area contributed by atoms with E-state index in [2.05, 4.69) is 6.07 Å². The highest BCUT2D eigenvalue weighted by Gasteiger charge is 2.30. The van der Waals surface area contributed by atoms with Crippen LogP contribution in [0, 0.1) is 5.82 Å². The first-order valence-electron chi connectivity index (χ1n) is 12.7. The minimum atomic E-state index is -0.922. The van der Waals surface area contributed by atoms with Crippen LogP contribution in [0.2, 0.25) is 0 Å². The first-order valence-corrected chi connectivity index (χ1v) is 12.7. The van der Waals surface area contributed by atoms with Gasteiger partial charge in [0.05, 0.1) is 26.2 Å². The summed E-state index contributed by atoms with van der Waals surface area (Å²) in [6.45, 7) is 4.10. The number of amides is 1. The minimum Gasteiger partial charge on any atom is -0.493 e. The summed E-state index contributed by atoms with van der Waals surface area (Å²) < 4.78 is 26.5. The fourth-order valence-corrected chi connectivity index (χ4v) is 5.42. The van der Waals surface area contributed by atoms with Crippen molar-refractivity contribution in [3.63, 3.8) is 0 Å². The predicted molar refractivity (Wildman–Crippen MR) is 137 cm³/mol. The van der Waals surface area contributed by atoms with E-state index in [4.69, 9.17) is 9.47 Å². The maximum Gasteiger partial charge on any atom is 0.307 e. The number of carbonyl (C=O) groups is 2. The van der Waals surface area contributed by atoms with Gasteiger partial charge in [-0.15, -0.1) is 0 Å². The van der Waals surface area contributed by atoms with Gasteiger partial charge in [-0.1, -0.05) is 42.5 Å². The highest BCUT2D eigenvalue weighted by molar-refractivity contribution is 5.80. The Morgan fingerprint density at radius 1 is 1.11 bits per heavy atom. The summed E-state index contributed by atoms with van der Waals surface area (Å²) in [5.41, 5.74) is 5.85. The third-order valence-electron chi connectivity index (χ3n) is 7.19. The summed E-state index contributed by atoms with van der Waals surface area (Å²) in [5, 5.41) is 9.19. The second-order valence-electron chi connectivity index (χ2n) is 9.57. The number of hydrogen-bond donors (Lipinski definition) is 1. The van der Waals surface area contributed by atoms with Gasteiger partial charge in [0.25, 0.3) is 0 Å². The molecule has 5 rings (SSSR count). The lowest BCUT2D eigenvalue weighted by atomic mass is 9.88. The molecule has 0 bridgehead atoms. The van der Waals surface area contributed by atoms with Crippen LogP contribution in [-0.2, 0) is 40.3 Å². The van der Waals surface area contributed by atoms with Crippen LogP contribution in [0.5, 0.6) is 5.75 Å². The number of ether oxygens (including phenoxy) is 2. The zero-order chi connectivity index (χ0) is 25.9. The number of aliphatic carboxylic acids is 1. The molecule has 0 spiro atoms. The number of halogens is 1. The van der Waals surface area contributed by atoms with E-state index in [0.29, 0.717) is 62.6 Å². The van der Waals surface area contributed by atoms with Crippen molar-refractivity contribution in [2.45, 2.75) is 45.3 Å². The summed E-state index contributed by atoms with van der Waals surface area (Å²) in [7, 11) is 0. The second kappa shape index (κ2) is 10.7. The molecule has 0 aliphatic carbocycles. The van der Waals surface area contributed by atoms with E-state index >= 15 is 0 Å². The number of fused-ring (bicyclic) bond motifs is 2. The fraction of sp³-hybridized carbons (Fsp3) is 0.333. The van der Waals surface area contributed by atoms with Gasteiger partial charge >= 0.3 is 5.97 Å². The van der Waals surface area contributed by atoms with Crippen LogP contribution < -0.4 is 4.74 Å². The van der Waals surface area contributed by atoms with E-state index in [-0.39, 0.29) is 24.1 Å². The molecule has 0 fully saturated rings. The predicted octanol–water partition coefficient (Wildman–Crippen LogP) is 5.11. The van der Waals surface area contributed by atoms with Gasteiger partial charge in [0, 0.05) is 31.0 Å². The average molecular weight is 504 g/mol. The smallest absolute Gasteiger partial charge is 0.307 e. The Balaban J connectivity index is 1.43. The quantitative estimate of drug-likeness (QED) is 0.485. The first kappa shape index (κ1) is 25.0. The molecule has 1 atom stereocenters. The Morgan fingerprint density at radius 2 is 1.92 bits per heavy atom. The number of nitrogens with zero attached hydrogens (tertiary/aromatic N) is 1. The van der Waals surface area contributed by atoms with Gasteiger partial charge in [0.1, 0.15) is 11.6 Å². The number of hydrogen-bond acceptors (Lipinski definition) is 4. The van der Waals surface area contributed by atoms with Crippen molar-refractivity contribution in [2.24, 2.45) is 0 Å². The summed E-state index contributed by atoms with van der Waals surface area (Å²) in [5.74, 6) is -0.630. The lowest BCUT2D eigenvalue weighted by Crippen LogP contribution is -2.38. The van der Waals surface area contributed by atoms with E-state index in [0.717, 1.165) is 27.8 Å². The molecule has 1 N–H and O–H groups in total. The average Bonchev–Trinajstić information content (AvgIpc) is 2.89. The lowest BCUT2D eigenvalue weighted by Gasteiger charge is -2.33. The molecular formula is C30H30FNO5. The number of carbonyl (C=O) groups excluding carboxylic acids is 1. The van der Waals surface area contributed by atoms with E-state index in [1.165, 1.54) is 6.07 Å². The minimum absolute atomic E-state index is 0.00263. The largest absolute Gasteiger partial charge is 0.493 e. The van der Waals surface area contributed by atoms with Gasteiger partial charge in [-0.2, -0.15) is 0 Å². The number of benzene rings is 3. The number of carboxylic acids is 1. The Labute approximate surface area is 215 Å². The fourth-order valence-electron chi connectivity index (χ4n) is 5.42. The van der Waals surface area contributed by atoms with Crippen LogP contribution in [0.15, 0.2) is 54.6 Å². The number of rotatable bonds is 7. The molecule has 0 aromatic heterocycles. The van der Waals surface area contributed by atoms with Crippen molar-refractivity contribution in [1.29, 1.82) is 0 Å². The van der Waals surface area contributed by atoms with Gasteiger partial charge in [-0.25, -0.2) is 4.39 Å². The summed E-state index contributed by atoms with van der Waals surface area (Å²) in [6, 6.07) is 16.6. The Hall–Kier alpha value is -3.71. The molecule has 0 radical (unpaired) electrons. The van der Waals surface area contributed by atoms with Crippen molar-refractivity contribution in [3.8, 4) is 16.9 Å². The first-order chi connectivity index (χ1) is 17.9. The van der Waals surface area contributed by atoms with Crippen LogP contribution in [0.4, 0.5) is 4.39 Å². The van der Waals surface area contributed by atoms with Crippen LogP contribution in [0.1, 0.15) is 47.1 Å². The van der Waals surface area contributed by atoms with Gasteiger partial charge in [0.2, 0.25) is 5.91 Å². The molecule has 0 saturated carbocycles. The molecule has 192 valence electrons. The van der Waals surface area contributed by atoms with E-state index in [1.807, 2.05) is 36.1 Å². The van der Waals surface area contributed by atoms with Gasteiger partial charge in [-0.3, -0.25) is 9.59 Å². The zero-order valence-corrected chi connectivity index (χ0v) is 20.8. The highest BCUT2D eigenvalue weighted by Crippen LogP contribution is 2.38. The Morgan fingerprint density at radius 3 is 2.73 bits per heavy atom. The third kappa shape index (κ3) is 5.23. The molecule has 2 aliphatic heterocycles. The van der Waals surface area contributed by atoms with Crippen LogP contribution >= 0.6 is 0 Å². The van der Waals surface area contributed by atoms with Crippen molar-refractivity contribution in [2.75, 3.05) is 19.8 Å². The summed E-state index contributed by atoms with van der Waals surface area (Å²) in [4.78, 5) is 26.4. The van der Waals surface area contributed by atoms with Gasteiger partial charge in [-0.05, 0) is 58.9 Å². The normalized spacial score (nSPS) is 16.6. The Bertz CT molecular complexity index is 1340. The molecule has 6 nitrogen and oxygen atoms in total. The maximum absolute atomic E-state index is 14.9. The van der Waals surface area contributed by atoms with E-state index < -0.39 is 5.97 Å². The van der Waals surface area contributed by atoms with Crippen LogP contribution in [0.3, 0.4) is 0 Å². The van der Waals surface area contributed by atoms with Gasteiger partial charge in [0.15, 0.2) is 0 Å². The van der Waals surface area contributed by atoms with E-state index in [9.17, 15) is 19.1 Å². The molecule has 2 aliphatic rings. The summed E-state index contributed by atoms with van der Waals surface area (Å²) in [6.07, 6.45) is 0.656. The lowest BCUT2D eigenvalue weighted by molar-refractivity contribution is -0.136. The maximum atomic E-state index is 14.9. The third-order valence-corrected chi connectivity index (χ3v) is 7.19.